The number of amides is 1. The molecule has 0 bridgehead atoms. The molecule has 0 aliphatic carbocycles. The number of thiazole rings is 1. The molecule has 1 amide bonds. The molecule has 0 spiro atoms. The molecule has 0 saturated carbocycles. The van der Waals surface area contributed by atoms with E-state index in [1.54, 1.807) is 43.3 Å². The van der Waals surface area contributed by atoms with Crippen LogP contribution in [0.3, 0.4) is 0 Å². The Labute approximate surface area is 169 Å². The summed E-state index contributed by atoms with van der Waals surface area (Å²) in [4.78, 5) is 17.6. The van der Waals surface area contributed by atoms with E-state index in [1.807, 2.05) is 13.0 Å². The van der Waals surface area contributed by atoms with Crippen LogP contribution in [0.25, 0.3) is 21.9 Å². The van der Waals surface area contributed by atoms with Gasteiger partial charge in [-0.25, -0.2) is 13.8 Å². The summed E-state index contributed by atoms with van der Waals surface area (Å²) in [6.07, 6.45) is 0. The maximum atomic E-state index is 14.6. The summed E-state index contributed by atoms with van der Waals surface area (Å²) in [5, 5.41) is 3.15. The second-order valence-corrected chi connectivity index (χ2v) is 7.47. The molecular formula is C22H16F2N2O2S. The standard InChI is InChI=1S/C22H16F2N2O2S/c1-12-8-9-18(28-12)22-25-13(2)20(29-22)21(27)26-19-16(10-15(23)11-17(19)24)14-6-4-3-5-7-14/h3-11H,1-2H3,(H,26,27). The molecule has 2 heterocycles. The summed E-state index contributed by atoms with van der Waals surface area (Å²) in [6, 6.07) is 14.3. The third-order valence-corrected chi connectivity index (χ3v) is 5.50. The number of carbonyl (C=O) groups is 1. The summed E-state index contributed by atoms with van der Waals surface area (Å²) in [5.41, 5.74) is 1.28. The Morgan fingerprint density at radius 1 is 1.07 bits per heavy atom. The predicted octanol–water partition coefficient (Wildman–Crippen LogP) is 6.22. The normalized spacial score (nSPS) is 10.9. The van der Waals surface area contributed by atoms with Crippen LogP contribution in [0.4, 0.5) is 14.5 Å². The molecule has 29 heavy (non-hydrogen) atoms. The van der Waals surface area contributed by atoms with Gasteiger partial charge in [0.2, 0.25) is 0 Å². The van der Waals surface area contributed by atoms with Crippen molar-refractivity contribution in [2.75, 3.05) is 5.32 Å². The number of carbonyl (C=O) groups excluding carboxylic acids is 1. The van der Waals surface area contributed by atoms with Crippen molar-refractivity contribution in [1.29, 1.82) is 0 Å². The van der Waals surface area contributed by atoms with E-state index in [0.29, 0.717) is 26.9 Å². The average Bonchev–Trinajstić information content (AvgIpc) is 3.30. The number of benzene rings is 2. The van der Waals surface area contributed by atoms with E-state index in [1.165, 1.54) is 6.07 Å². The molecule has 0 aliphatic heterocycles. The van der Waals surface area contributed by atoms with Crippen LogP contribution >= 0.6 is 11.3 Å². The number of hydrogen-bond donors (Lipinski definition) is 1. The minimum absolute atomic E-state index is 0.0780. The minimum Gasteiger partial charge on any atom is -0.459 e. The van der Waals surface area contributed by atoms with Crippen LogP contribution < -0.4 is 5.32 Å². The number of nitrogens with zero attached hydrogens (tertiary/aromatic N) is 1. The maximum Gasteiger partial charge on any atom is 0.267 e. The SMILES string of the molecule is Cc1ccc(-c2nc(C)c(C(=O)Nc3c(F)cc(F)cc3-c3ccccc3)s2)o1. The predicted molar refractivity (Wildman–Crippen MR) is 109 cm³/mol. The van der Waals surface area contributed by atoms with E-state index in [4.69, 9.17) is 4.42 Å². The molecule has 146 valence electrons. The number of anilines is 1. The van der Waals surface area contributed by atoms with Crippen LogP contribution in [0.1, 0.15) is 21.1 Å². The van der Waals surface area contributed by atoms with E-state index in [-0.39, 0.29) is 11.3 Å². The summed E-state index contributed by atoms with van der Waals surface area (Å²) in [5.74, 6) is -0.783. The van der Waals surface area contributed by atoms with Gasteiger partial charge < -0.3 is 9.73 Å². The van der Waals surface area contributed by atoms with Gasteiger partial charge >= 0.3 is 0 Å². The molecule has 0 aliphatic rings. The molecular weight excluding hydrogens is 394 g/mol. The first kappa shape index (κ1) is 19.0. The fraction of sp³-hybridized carbons (Fsp3) is 0.0909. The average molecular weight is 410 g/mol. The Kier molecular flexibility index (Phi) is 4.98. The largest absolute Gasteiger partial charge is 0.459 e. The summed E-state index contributed by atoms with van der Waals surface area (Å²) in [7, 11) is 0. The van der Waals surface area contributed by atoms with Crippen molar-refractivity contribution in [2.45, 2.75) is 13.8 Å². The highest BCUT2D eigenvalue weighted by Gasteiger charge is 2.21. The fourth-order valence-corrected chi connectivity index (χ4v) is 3.90. The first-order chi connectivity index (χ1) is 13.9. The topological polar surface area (TPSA) is 55.1 Å². The Balaban J connectivity index is 1.70. The number of hydrogen-bond acceptors (Lipinski definition) is 4. The van der Waals surface area contributed by atoms with Gasteiger partial charge in [0.15, 0.2) is 10.8 Å². The van der Waals surface area contributed by atoms with Gasteiger partial charge in [-0.2, -0.15) is 0 Å². The highest BCUT2D eigenvalue weighted by Crippen LogP contribution is 2.34. The molecule has 2 aromatic carbocycles. The minimum atomic E-state index is -0.846. The first-order valence-electron chi connectivity index (χ1n) is 8.82. The Bertz CT molecular complexity index is 1200. The summed E-state index contributed by atoms with van der Waals surface area (Å²) in [6.45, 7) is 3.52. The Hall–Kier alpha value is -3.32. The molecule has 1 N–H and O–H groups in total. The van der Waals surface area contributed by atoms with Crippen LogP contribution in [0, 0.1) is 25.5 Å². The van der Waals surface area contributed by atoms with E-state index >= 15 is 0 Å². The molecule has 4 rings (SSSR count). The number of furan rings is 1. The maximum absolute atomic E-state index is 14.6. The fourth-order valence-electron chi connectivity index (χ4n) is 2.98. The van der Waals surface area contributed by atoms with E-state index in [0.717, 1.165) is 23.2 Å². The van der Waals surface area contributed by atoms with Gasteiger partial charge in [-0.15, -0.1) is 11.3 Å². The lowest BCUT2D eigenvalue weighted by Gasteiger charge is -2.12. The summed E-state index contributed by atoms with van der Waals surface area (Å²) >= 11 is 1.15. The van der Waals surface area contributed by atoms with E-state index in [2.05, 4.69) is 10.3 Å². The van der Waals surface area contributed by atoms with Crippen LogP contribution in [-0.2, 0) is 0 Å². The van der Waals surface area contributed by atoms with Gasteiger partial charge in [-0.1, -0.05) is 30.3 Å². The van der Waals surface area contributed by atoms with Crippen molar-refractivity contribution in [2.24, 2.45) is 0 Å². The van der Waals surface area contributed by atoms with Crippen LogP contribution in [0.5, 0.6) is 0 Å². The van der Waals surface area contributed by atoms with Crippen LogP contribution in [-0.4, -0.2) is 10.9 Å². The quantitative estimate of drug-likeness (QED) is 0.435. The van der Waals surface area contributed by atoms with Crippen molar-refractivity contribution in [1.82, 2.24) is 4.98 Å². The molecule has 0 atom stereocenters. The van der Waals surface area contributed by atoms with E-state index < -0.39 is 17.5 Å². The summed E-state index contributed by atoms with van der Waals surface area (Å²) < 4.78 is 34.0. The lowest BCUT2D eigenvalue weighted by Crippen LogP contribution is -2.14. The first-order valence-corrected chi connectivity index (χ1v) is 9.64. The van der Waals surface area contributed by atoms with Gasteiger partial charge in [0.1, 0.15) is 22.3 Å². The van der Waals surface area contributed by atoms with Crippen molar-refractivity contribution >= 4 is 22.9 Å². The Morgan fingerprint density at radius 2 is 1.83 bits per heavy atom. The lowest BCUT2D eigenvalue weighted by atomic mass is 10.0. The van der Waals surface area contributed by atoms with Crippen molar-refractivity contribution in [3.8, 4) is 21.9 Å². The zero-order valence-corrected chi connectivity index (χ0v) is 16.4. The number of aryl methyl sites for hydroxylation is 2. The molecule has 4 aromatic rings. The molecule has 7 heteroatoms. The van der Waals surface area contributed by atoms with Crippen molar-refractivity contribution < 1.29 is 18.0 Å². The zero-order chi connectivity index (χ0) is 20.5. The van der Waals surface area contributed by atoms with Crippen LogP contribution in [0.15, 0.2) is 59.0 Å². The molecule has 4 nitrogen and oxygen atoms in total. The van der Waals surface area contributed by atoms with Crippen LogP contribution in [0.2, 0.25) is 0 Å². The van der Waals surface area contributed by atoms with Gasteiger partial charge in [0.05, 0.1) is 11.4 Å². The second-order valence-electron chi connectivity index (χ2n) is 6.47. The highest BCUT2D eigenvalue weighted by molar-refractivity contribution is 7.17. The van der Waals surface area contributed by atoms with Crippen molar-refractivity contribution in [3.05, 3.63) is 82.6 Å². The molecule has 0 radical (unpaired) electrons. The number of aromatic nitrogens is 1. The highest BCUT2D eigenvalue weighted by atomic mass is 32.1. The number of nitrogens with one attached hydrogen (secondary N) is 1. The monoisotopic (exact) mass is 410 g/mol. The van der Waals surface area contributed by atoms with Crippen molar-refractivity contribution in [3.63, 3.8) is 0 Å². The number of halogens is 2. The zero-order valence-electron chi connectivity index (χ0n) is 15.6. The lowest BCUT2D eigenvalue weighted by molar-refractivity contribution is 0.102. The molecule has 2 aromatic heterocycles. The molecule has 0 fully saturated rings. The Morgan fingerprint density at radius 3 is 2.52 bits per heavy atom. The molecule has 0 unspecified atom stereocenters. The second kappa shape index (κ2) is 7.60. The van der Waals surface area contributed by atoms with E-state index in [9.17, 15) is 13.6 Å². The third kappa shape index (κ3) is 3.82. The van der Waals surface area contributed by atoms with Gasteiger partial charge in [-0.05, 0) is 37.6 Å². The smallest absolute Gasteiger partial charge is 0.267 e. The van der Waals surface area contributed by atoms with Gasteiger partial charge in [-0.3, -0.25) is 4.79 Å². The van der Waals surface area contributed by atoms with Gasteiger partial charge in [0, 0.05) is 11.6 Å². The molecule has 0 saturated heterocycles. The third-order valence-electron chi connectivity index (χ3n) is 4.33. The number of rotatable bonds is 4. The van der Waals surface area contributed by atoms with Gasteiger partial charge in [0.25, 0.3) is 5.91 Å².